The average molecular weight is 285 g/mol. The molecule has 1 saturated carbocycles. The van der Waals surface area contributed by atoms with Crippen LogP contribution in [0, 0.1) is 0 Å². The molecule has 1 heterocycles. The van der Waals surface area contributed by atoms with Gasteiger partial charge in [-0.05, 0) is 12.8 Å². The third-order valence-corrected chi connectivity index (χ3v) is 4.03. The number of hydrogen-bond acceptors (Lipinski definition) is 4. The van der Waals surface area contributed by atoms with E-state index in [2.05, 4.69) is 5.32 Å². The Labute approximate surface area is 119 Å². The molecule has 7 heteroatoms. The van der Waals surface area contributed by atoms with Crippen molar-refractivity contribution in [2.75, 3.05) is 47.0 Å². The topological polar surface area (TPSA) is 71.1 Å². The molecule has 20 heavy (non-hydrogen) atoms. The summed E-state index contributed by atoms with van der Waals surface area (Å²) >= 11 is 0. The van der Waals surface area contributed by atoms with E-state index in [1.54, 1.807) is 24.0 Å². The number of urea groups is 1. The van der Waals surface area contributed by atoms with Gasteiger partial charge in [0.25, 0.3) is 0 Å². The molecule has 114 valence electrons. The van der Waals surface area contributed by atoms with Crippen LogP contribution in [-0.4, -0.2) is 80.9 Å². The number of nitrogens with zero attached hydrogens (tertiary/aromatic N) is 2. The third-order valence-electron chi connectivity index (χ3n) is 4.03. The Balaban J connectivity index is 1.67. The van der Waals surface area contributed by atoms with Crippen LogP contribution >= 0.6 is 0 Å². The highest BCUT2D eigenvalue weighted by Gasteiger charge is 2.34. The van der Waals surface area contributed by atoms with Gasteiger partial charge in [-0.1, -0.05) is 0 Å². The van der Waals surface area contributed by atoms with Crippen LogP contribution in [0.5, 0.6) is 0 Å². The Bertz CT molecular complexity index is 352. The zero-order valence-electron chi connectivity index (χ0n) is 12.1. The number of morpholine rings is 1. The van der Waals surface area contributed by atoms with E-state index < -0.39 is 0 Å². The van der Waals surface area contributed by atoms with E-state index in [1.807, 2.05) is 0 Å². The minimum absolute atomic E-state index is 0.0452. The zero-order valence-corrected chi connectivity index (χ0v) is 12.1. The van der Waals surface area contributed by atoms with Crippen molar-refractivity contribution < 1.29 is 19.1 Å². The molecule has 1 N–H and O–H groups in total. The first-order valence-electron chi connectivity index (χ1n) is 7.00. The molecule has 2 rings (SSSR count). The molecule has 1 aliphatic heterocycles. The number of ether oxygens (including phenoxy) is 2. The molecule has 0 spiro atoms. The quantitative estimate of drug-likeness (QED) is 0.767. The van der Waals surface area contributed by atoms with Crippen LogP contribution in [0.15, 0.2) is 0 Å². The monoisotopic (exact) mass is 285 g/mol. The second-order valence-electron chi connectivity index (χ2n) is 5.25. The first-order valence-corrected chi connectivity index (χ1v) is 7.00. The fourth-order valence-corrected chi connectivity index (χ4v) is 2.41. The zero-order chi connectivity index (χ0) is 14.5. The molecule has 0 unspecified atom stereocenters. The Morgan fingerprint density at radius 2 is 2.00 bits per heavy atom. The summed E-state index contributed by atoms with van der Waals surface area (Å²) in [5, 5.41) is 2.68. The van der Waals surface area contributed by atoms with Gasteiger partial charge in [-0.25, -0.2) is 4.79 Å². The summed E-state index contributed by atoms with van der Waals surface area (Å²) in [4.78, 5) is 27.2. The molecule has 2 aliphatic rings. The van der Waals surface area contributed by atoms with Gasteiger partial charge in [0.15, 0.2) is 0 Å². The molecule has 1 aliphatic carbocycles. The molecule has 0 aromatic carbocycles. The van der Waals surface area contributed by atoms with E-state index in [1.165, 1.54) is 0 Å². The number of carbonyl (C=O) groups is 2. The first kappa shape index (κ1) is 15.1. The maximum absolute atomic E-state index is 11.9. The second kappa shape index (κ2) is 6.90. The lowest BCUT2D eigenvalue weighted by atomic mass is 9.88. The van der Waals surface area contributed by atoms with Gasteiger partial charge < -0.3 is 24.6 Å². The van der Waals surface area contributed by atoms with Gasteiger partial charge in [0.05, 0.1) is 25.9 Å². The molecule has 0 aromatic heterocycles. The van der Waals surface area contributed by atoms with Gasteiger partial charge in [0, 0.05) is 33.3 Å². The number of hydrogen-bond donors (Lipinski definition) is 1. The molecular weight excluding hydrogens is 262 g/mol. The van der Waals surface area contributed by atoms with E-state index in [0.717, 1.165) is 12.8 Å². The number of rotatable bonds is 4. The molecule has 0 bridgehead atoms. The van der Waals surface area contributed by atoms with Crippen molar-refractivity contribution >= 4 is 11.9 Å². The van der Waals surface area contributed by atoms with Gasteiger partial charge >= 0.3 is 6.03 Å². The van der Waals surface area contributed by atoms with Gasteiger partial charge in [0.2, 0.25) is 5.91 Å². The van der Waals surface area contributed by atoms with Gasteiger partial charge in [-0.15, -0.1) is 0 Å². The highest BCUT2D eigenvalue weighted by Crippen LogP contribution is 2.26. The van der Waals surface area contributed by atoms with E-state index in [0.29, 0.717) is 26.3 Å². The molecule has 2 fully saturated rings. The summed E-state index contributed by atoms with van der Waals surface area (Å²) in [5.74, 6) is -0.0570. The van der Waals surface area contributed by atoms with Crippen LogP contribution in [0.1, 0.15) is 12.8 Å². The van der Waals surface area contributed by atoms with Crippen molar-refractivity contribution in [1.82, 2.24) is 15.1 Å². The molecule has 1 saturated heterocycles. The Kier molecular flexibility index (Phi) is 5.19. The third kappa shape index (κ3) is 3.61. The van der Waals surface area contributed by atoms with Crippen molar-refractivity contribution in [3.8, 4) is 0 Å². The summed E-state index contributed by atoms with van der Waals surface area (Å²) in [7, 11) is 3.44. The van der Waals surface area contributed by atoms with Crippen LogP contribution < -0.4 is 5.32 Å². The smallest absolute Gasteiger partial charge is 0.317 e. The van der Waals surface area contributed by atoms with Crippen LogP contribution in [0.2, 0.25) is 0 Å². The van der Waals surface area contributed by atoms with Crippen molar-refractivity contribution in [3.63, 3.8) is 0 Å². The number of amides is 3. The van der Waals surface area contributed by atoms with Crippen LogP contribution in [0.25, 0.3) is 0 Å². The van der Waals surface area contributed by atoms with Crippen LogP contribution in [-0.2, 0) is 14.3 Å². The number of methoxy groups -OCH3 is 1. The van der Waals surface area contributed by atoms with E-state index in [-0.39, 0.29) is 30.6 Å². The summed E-state index contributed by atoms with van der Waals surface area (Å²) in [6.07, 6.45) is 1.97. The standard InChI is InChI=1S/C13H23N3O4/c1-15(10-7-11(8-10)19-2)13(18)14-9-12(17)16-3-5-20-6-4-16/h10-11H,3-9H2,1-2H3,(H,14,18). The van der Waals surface area contributed by atoms with Crippen molar-refractivity contribution in [2.45, 2.75) is 25.0 Å². The predicted molar refractivity (Wildman–Crippen MR) is 72.4 cm³/mol. The van der Waals surface area contributed by atoms with Crippen molar-refractivity contribution in [3.05, 3.63) is 0 Å². The van der Waals surface area contributed by atoms with Crippen LogP contribution in [0.3, 0.4) is 0 Å². The van der Waals surface area contributed by atoms with Crippen molar-refractivity contribution in [2.24, 2.45) is 0 Å². The van der Waals surface area contributed by atoms with E-state index >= 15 is 0 Å². The first-order chi connectivity index (χ1) is 9.61. The average Bonchev–Trinajstić information content (AvgIpc) is 2.44. The van der Waals surface area contributed by atoms with Crippen molar-refractivity contribution in [1.29, 1.82) is 0 Å². The Morgan fingerprint density at radius 3 is 2.60 bits per heavy atom. The maximum Gasteiger partial charge on any atom is 0.317 e. The summed E-state index contributed by atoms with van der Waals surface area (Å²) in [5.41, 5.74) is 0. The molecule has 0 aromatic rings. The van der Waals surface area contributed by atoms with Crippen LogP contribution in [0.4, 0.5) is 4.79 Å². The minimum atomic E-state index is -0.203. The summed E-state index contributed by atoms with van der Waals surface area (Å²) < 4.78 is 10.4. The largest absolute Gasteiger partial charge is 0.381 e. The lowest BCUT2D eigenvalue weighted by Crippen LogP contribution is -2.53. The fraction of sp³-hybridized carbons (Fsp3) is 0.846. The lowest BCUT2D eigenvalue weighted by Gasteiger charge is -2.40. The minimum Gasteiger partial charge on any atom is -0.381 e. The lowest BCUT2D eigenvalue weighted by molar-refractivity contribution is -0.134. The SMILES string of the molecule is COC1CC(N(C)C(=O)NCC(=O)N2CCOCC2)C1. The summed E-state index contributed by atoms with van der Waals surface area (Å²) in [6.45, 7) is 2.38. The fourth-order valence-electron chi connectivity index (χ4n) is 2.41. The highest BCUT2D eigenvalue weighted by atomic mass is 16.5. The van der Waals surface area contributed by atoms with Gasteiger partial charge in [0.1, 0.15) is 0 Å². The molecule has 3 amide bonds. The highest BCUT2D eigenvalue weighted by molar-refractivity contribution is 5.84. The number of carbonyl (C=O) groups excluding carboxylic acids is 2. The molecule has 0 atom stereocenters. The maximum atomic E-state index is 11.9. The summed E-state index contributed by atoms with van der Waals surface area (Å²) in [6, 6.07) is 0.00426. The second-order valence-corrected chi connectivity index (χ2v) is 5.25. The predicted octanol–water partition coefficient (Wildman–Crippen LogP) is -0.336. The van der Waals surface area contributed by atoms with E-state index in [4.69, 9.17) is 9.47 Å². The normalized spacial score (nSPS) is 25.8. The molecule has 7 nitrogen and oxygen atoms in total. The van der Waals surface area contributed by atoms with Gasteiger partial charge in [-0.3, -0.25) is 4.79 Å². The molecule has 0 radical (unpaired) electrons. The number of nitrogens with one attached hydrogen (secondary N) is 1. The molecular formula is C13H23N3O4. The Morgan fingerprint density at radius 1 is 1.35 bits per heavy atom. The van der Waals surface area contributed by atoms with E-state index in [9.17, 15) is 9.59 Å². The van der Waals surface area contributed by atoms with Gasteiger partial charge in [-0.2, -0.15) is 0 Å². The Hall–Kier alpha value is -1.34.